The van der Waals surface area contributed by atoms with E-state index in [0.717, 1.165) is 12.0 Å². The van der Waals surface area contributed by atoms with Gasteiger partial charge in [0.25, 0.3) is 5.91 Å². The minimum absolute atomic E-state index is 0.180. The first-order valence-electron chi connectivity index (χ1n) is 8.71. The summed E-state index contributed by atoms with van der Waals surface area (Å²) < 4.78 is 11.1. The second kappa shape index (κ2) is 8.27. The molecule has 0 unspecified atom stereocenters. The standard InChI is InChI=1S/C21H21ClN2O3/c1-4-11-27-19-10-5-15(13-20(19)26-3)12-18-14(2)23-24(21(18)25)17-8-6-16(22)7-9-17/h5-10,12-13H,4,11H2,1-3H3. The Morgan fingerprint density at radius 1 is 1.15 bits per heavy atom. The first-order chi connectivity index (χ1) is 13.0. The molecule has 5 nitrogen and oxygen atoms in total. The van der Waals surface area contributed by atoms with Crippen LogP contribution in [-0.4, -0.2) is 25.3 Å². The molecular weight excluding hydrogens is 364 g/mol. The highest BCUT2D eigenvalue weighted by molar-refractivity contribution is 6.32. The molecule has 140 valence electrons. The highest BCUT2D eigenvalue weighted by Crippen LogP contribution is 2.31. The molecule has 1 aliphatic heterocycles. The maximum absolute atomic E-state index is 12.8. The summed E-state index contributed by atoms with van der Waals surface area (Å²) in [4.78, 5) is 12.8. The normalized spacial score (nSPS) is 15.3. The number of carbonyl (C=O) groups excluding carboxylic acids is 1. The molecule has 27 heavy (non-hydrogen) atoms. The maximum Gasteiger partial charge on any atom is 0.280 e. The summed E-state index contributed by atoms with van der Waals surface area (Å²) in [5.74, 6) is 1.14. The molecule has 1 amide bonds. The second-order valence-electron chi connectivity index (χ2n) is 6.10. The summed E-state index contributed by atoms with van der Waals surface area (Å²) in [6.07, 6.45) is 2.73. The van der Waals surface area contributed by atoms with Gasteiger partial charge in [0.2, 0.25) is 0 Å². The Kier molecular flexibility index (Phi) is 5.81. The number of anilines is 1. The van der Waals surface area contributed by atoms with E-state index in [0.29, 0.717) is 40.1 Å². The average molecular weight is 385 g/mol. The largest absolute Gasteiger partial charge is 0.493 e. The number of halogens is 1. The molecule has 0 saturated heterocycles. The number of amides is 1. The number of hydrogen-bond donors (Lipinski definition) is 0. The highest BCUT2D eigenvalue weighted by atomic mass is 35.5. The zero-order valence-corrected chi connectivity index (χ0v) is 16.3. The van der Waals surface area contributed by atoms with Crippen molar-refractivity contribution in [2.45, 2.75) is 20.3 Å². The van der Waals surface area contributed by atoms with Gasteiger partial charge in [0, 0.05) is 5.02 Å². The van der Waals surface area contributed by atoms with Crippen molar-refractivity contribution in [2.75, 3.05) is 18.7 Å². The predicted molar refractivity (Wildman–Crippen MR) is 109 cm³/mol. The van der Waals surface area contributed by atoms with Crippen LogP contribution in [0.4, 0.5) is 5.69 Å². The molecule has 1 heterocycles. The van der Waals surface area contributed by atoms with Crippen molar-refractivity contribution < 1.29 is 14.3 Å². The molecule has 0 N–H and O–H groups in total. The quantitative estimate of drug-likeness (QED) is 0.662. The molecule has 2 aromatic rings. The number of nitrogens with zero attached hydrogens (tertiary/aromatic N) is 2. The van der Waals surface area contributed by atoms with Crippen molar-refractivity contribution in [1.29, 1.82) is 0 Å². The van der Waals surface area contributed by atoms with Crippen LogP contribution >= 0.6 is 11.6 Å². The number of hydrogen-bond acceptors (Lipinski definition) is 4. The summed E-state index contributed by atoms with van der Waals surface area (Å²) in [7, 11) is 1.60. The molecule has 6 heteroatoms. The molecule has 0 bridgehead atoms. The van der Waals surface area contributed by atoms with Gasteiger partial charge in [-0.3, -0.25) is 4.79 Å². The third kappa shape index (κ3) is 4.14. The van der Waals surface area contributed by atoms with E-state index in [1.807, 2.05) is 38.1 Å². The number of methoxy groups -OCH3 is 1. The van der Waals surface area contributed by atoms with Gasteiger partial charge in [0.05, 0.1) is 30.7 Å². The molecule has 1 aliphatic rings. The van der Waals surface area contributed by atoms with Crippen LogP contribution in [0.2, 0.25) is 5.02 Å². The van der Waals surface area contributed by atoms with Crippen molar-refractivity contribution in [3.8, 4) is 11.5 Å². The fraction of sp³-hybridized carbons (Fsp3) is 0.238. The fourth-order valence-corrected chi connectivity index (χ4v) is 2.84. The van der Waals surface area contributed by atoms with E-state index < -0.39 is 0 Å². The Morgan fingerprint density at radius 2 is 1.89 bits per heavy atom. The topological polar surface area (TPSA) is 51.1 Å². The molecule has 2 aromatic carbocycles. The first-order valence-corrected chi connectivity index (χ1v) is 9.09. The van der Waals surface area contributed by atoms with Crippen LogP contribution < -0.4 is 14.5 Å². The van der Waals surface area contributed by atoms with E-state index >= 15 is 0 Å². The monoisotopic (exact) mass is 384 g/mol. The lowest BCUT2D eigenvalue weighted by Gasteiger charge is -2.12. The third-order valence-electron chi connectivity index (χ3n) is 4.09. The summed E-state index contributed by atoms with van der Waals surface area (Å²) >= 11 is 5.92. The lowest BCUT2D eigenvalue weighted by atomic mass is 10.1. The number of benzene rings is 2. The maximum atomic E-state index is 12.8. The van der Waals surface area contributed by atoms with E-state index in [1.54, 1.807) is 31.4 Å². The van der Waals surface area contributed by atoms with Gasteiger partial charge in [-0.15, -0.1) is 0 Å². The van der Waals surface area contributed by atoms with Crippen LogP contribution in [0.15, 0.2) is 53.1 Å². The van der Waals surface area contributed by atoms with Crippen LogP contribution in [0.25, 0.3) is 6.08 Å². The molecule has 0 fully saturated rings. The zero-order valence-electron chi connectivity index (χ0n) is 15.5. The smallest absolute Gasteiger partial charge is 0.280 e. The molecule has 0 atom stereocenters. The summed E-state index contributed by atoms with van der Waals surface area (Å²) in [5.41, 5.74) is 2.70. The first kappa shape index (κ1) is 19.0. The highest BCUT2D eigenvalue weighted by Gasteiger charge is 2.28. The van der Waals surface area contributed by atoms with Crippen molar-refractivity contribution in [1.82, 2.24) is 0 Å². The third-order valence-corrected chi connectivity index (χ3v) is 4.35. The van der Waals surface area contributed by atoms with Crippen LogP contribution in [-0.2, 0) is 4.79 Å². The summed E-state index contributed by atoms with van der Waals surface area (Å²) in [6, 6.07) is 12.6. The summed E-state index contributed by atoms with van der Waals surface area (Å²) in [5, 5.41) is 6.37. The number of carbonyl (C=O) groups is 1. The van der Waals surface area contributed by atoms with Crippen LogP contribution in [0.3, 0.4) is 0 Å². The van der Waals surface area contributed by atoms with Crippen molar-refractivity contribution in [2.24, 2.45) is 5.10 Å². The van der Waals surface area contributed by atoms with Crippen LogP contribution in [0.1, 0.15) is 25.8 Å². The predicted octanol–water partition coefficient (Wildman–Crippen LogP) is 4.94. The van der Waals surface area contributed by atoms with Gasteiger partial charge in [-0.1, -0.05) is 24.6 Å². The zero-order chi connectivity index (χ0) is 19.4. The van der Waals surface area contributed by atoms with E-state index in [1.165, 1.54) is 5.01 Å². The summed E-state index contributed by atoms with van der Waals surface area (Å²) in [6.45, 7) is 4.48. The Bertz CT molecular complexity index is 904. The molecule has 3 rings (SSSR count). The van der Waals surface area contributed by atoms with Crippen molar-refractivity contribution in [3.05, 3.63) is 58.6 Å². The van der Waals surface area contributed by atoms with Gasteiger partial charge in [0.1, 0.15) is 0 Å². The molecule has 0 aromatic heterocycles. The van der Waals surface area contributed by atoms with Gasteiger partial charge in [0.15, 0.2) is 11.5 Å². The van der Waals surface area contributed by atoms with E-state index in [2.05, 4.69) is 5.10 Å². The number of rotatable bonds is 6. The van der Waals surface area contributed by atoms with Gasteiger partial charge in [-0.25, -0.2) is 0 Å². The number of ether oxygens (including phenoxy) is 2. The minimum atomic E-state index is -0.180. The Morgan fingerprint density at radius 3 is 2.56 bits per heavy atom. The molecule has 0 aliphatic carbocycles. The van der Waals surface area contributed by atoms with E-state index in [-0.39, 0.29) is 5.91 Å². The molecule has 0 spiro atoms. The van der Waals surface area contributed by atoms with E-state index in [9.17, 15) is 4.79 Å². The Hall–Kier alpha value is -2.79. The van der Waals surface area contributed by atoms with Crippen molar-refractivity contribution >= 4 is 35.0 Å². The van der Waals surface area contributed by atoms with Gasteiger partial charge >= 0.3 is 0 Å². The fourth-order valence-electron chi connectivity index (χ4n) is 2.71. The lowest BCUT2D eigenvalue weighted by Crippen LogP contribution is -2.21. The number of hydrazone groups is 1. The Balaban J connectivity index is 1.88. The lowest BCUT2D eigenvalue weighted by molar-refractivity contribution is -0.114. The van der Waals surface area contributed by atoms with E-state index in [4.69, 9.17) is 21.1 Å². The van der Waals surface area contributed by atoms with Gasteiger partial charge < -0.3 is 9.47 Å². The Labute approximate surface area is 163 Å². The molecular formula is C21H21ClN2O3. The molecule has 0 saturated carbocycles. The van der Waals surface area contributed by atoms with Crippen LogP contribution in [0.5, 0.6) is 11.5 Å². The SMILES string of the molecule is CCCOc1ccc(C=C2C(=O)N(c3ccc(Cl)cc3)N=C2C)cc1OC. The van der Waals surface area contributed by atoms with Gasteiger partial charge in [-0.05, 0) is 61.4 Å². The van der Waals surface area contributed by atoms with Gasteiger partial charge in [-0.2, -0.15) is 10.1 Å². The van der Waals surface area contributed by atoms with Crippen molar-refractivity contribution in [3.63, 3.8) is 0 Å². The minimum Gasteiger partial charge on any atom is -0.493 e. The second-order valence-corrected chi connectivity index (χ2v) is 6.53. The van der Waals surface area contributed by atoms with Crippen LogP contribution in [0, 0.1) is 0 Å². The average Bonchev–Trinajstić information content (AvgIpc) is 2.95. The molecule has 0 radical (unpaired) electrons.